The molecule has 0 unspecified atom stereocenters. The van der Waals surface area contributed by atoms with Gasteiger partial charge in [0.25, 0.3) is 0 Å². The Hall–Kier alpha value is -1.15. The quantitative estimate of drug-likeness (QED) is 0.762. The van der Waals surface area contributed by atoms with Gasteiger partial charge in [-0.25, -0.2) is 13.1 Å². The van der Waals surface area contributed by atoms with Crippen LogP contribution in [-0.2, 0) is 19.6 Å². The third-order valence-electron chi connectivity index (χ3n) is 4.34. The molecule has 1 aromatic carbocycles. The van der Waals surface area contributed by atoms with Crippen LogP contribution in [-0.4, -0.2) is 39.6 Å². The van der Waals surface area contributed by atoms with E-state index in [1.807, 2.05) is 0 Å². The fourth-order valence-corrected chi connectivity index (χ4v) is 4.09. The van der Waals surface area contributed by atoms with Crippen LogP contribution in [0.2, 0.25) is 5.02 Å². The standard InChI is InChI=1S/C16H21ClN2O4S/c17-12-3-5-13(6-4-12)24(21,22)18-9-7-15(20)19-14-8-10-23-16(14)11-1-2-11/h3-6,11,14,16,18H,1-2,7-10H2,(H,19,20)/t14-,16+/m1/s1. The number of hydrogen-bond donors (Lipinski definition) is 2. The largest absolute Gasteiger partial charge is 0.376 e. The number of rotatable bonds is 7. The molecule has 2 atom stereocenters. The maximum Gasteiger partial charge on any atom is 0.240 e. The molecule has 1 saturated carbocycles. The van der Waals surface area contributed by atoms with Crippen molar-refractivity contribution in [1.29, 1.82) is 0 Å². The molecule has 1 amide bonds. The van der Waals surface area contributed by atoms with Gasteiger partial charge in [0.1, 0.15) is 0 Å². The van der Waals surface area contributed by atoms with Gasteiger partial charge in [0, 0.05) is 24.6 Å². The first-order valence-electron chi connectivity index (χ1n) is 8.12. The van der Waals surface area contributed by atoms with Crippen LogP contribution in [0.1, 0.15) is 25.7 Å². The summed E-state index contributed by atoms with van der Waals surface area (Å²) in [5.41, 5.74) is 0. The lowest BCUT2D eigenvalue weighted by atomic mass is 10.1. The van der Waals surface area contributed by atoms with Crippen LogP contribution >= 0.6 is 11.6 Å². The summed E-state index contributed by atoms with van der Waals surface area (Å²) in [6.07, 6.45) is 3.37. The Labute approximate surface area is 147 Å². The van der Waals surface area contributed by atoms with Crippen LogP contribution in [0.25, 0.3) is 0 Å². The van der Waals surface area contributed by atoms with E-state index in [-0.39, 0.29) is 35.9 Å². The topological polar surface area (TPSA) is 84.5 Å². The van der Waals surface area contributed by atoms with E-state index >= 15 is 0 Å². The summed E-state index contributed by atoms with van der Waals surface area (Å²) in [7, 11) is -3.63. The van der Waals surface area contributed by atoms with Gasteiger partial charge in [-0.1, -0.05) is 11.6 Å². The maximum atomic E-state index is 12.1. The van der Waals surface area contributed by atoms with Crippen LogP contribution < -0.4 is 10.0 Å². The first kappa shape index (κ1) is 17.7. The van der Waals surface area contributed by atoms with Gasteiger partial charge in [-0.05, 0) is 49.4 Å². The minimum Gasteiger partial charge on any atom is -0.376 e. The fraction of sp³-hybridized carbons (Fsp3) is 0.562. The first-order valence-corrected chi connectivity index (χ1v) is 9.98. The molecule has 6 nitrogen and oxygen atoms in total. The molecule has 1 aliphatic heterocycles. The van der Waals surface area contributed by atoms with Crippen molar-refractivity contribution in [3.63, 3.8) is 0 Å². The second-order valence-corrected chi connectivity index (χ2v) is 8.44. The second kappa shape index (κ2) is 7.39. The zero-order valence-electron chi connectivity index (χ0n) is 13.2. The van der Waals surface area contributed by atoms with Crippen molar-refractivity contribution in [1.82, 2.24) is 10.0 Å². The normalized spacial score (nSPS) is 24.0. The molecule has 8 heteroatoms. The van der Waals surface area contributed by atoms with Crippen LogP contribution in [0.3, 0.4) is 0 Å². The molecular weight excluding hydrogens is 352 g/mol. The van der Waals surface area contributed by atoms with Gasteiger partial charge >= 0.3 is 0 Å². The number of nitrogens with one attached hydrogen (secondary N) is 2. The molecule has 0 radical (unpaired) electrons. The van der Waals surface area contributed by atoms with Gasteiger partial charge in [0.05, 0.1) is 17.0 Å². The summed E-state index contributed by atoms with van der Waals surface area (Å²) in [5, 5.41) is 3.44. The summed E-state index contributed by atoms with van der Waals surface area (Å²) in [5.74, 6) is 0.413. The summed E-state index contributed by atoms with van der Waals surface area (Å²) in [4.78, 5) is 12.2. The Morgan fingerprint density at radius 1 is 1.21 bits per heavy atom. The van der Waals surface area contributed by atoms with Gasteiger partial charge in [-0.3, -0.25) is 4.79 Å². The van der Waals surface area contributed by atoms with Gasteiger partial charge in [0.2, 0.25) is 15.9 Å². The average Bonchev–Trinajstić information content (AvgIpc) is 3.28. The molecule has 132 valence electrons. The molecule has 0 bridgehead atoms. The predicted molar refractivity (Wildman–Crippen MR) is 90.3 cm³/mol. The van der Waals surface area contributed by atoms with Crippen molar-refractivity contribution in [2.45, 2.75) is 42.7 Å². The summed E-state index contributed by atoms with van der Waals surface area (Å²) < 4.78 is 32.3. The average molecular weight is 373 g/mol. The highest BCUT2D eigenvalue weighted by atomic mass is 35.5. The number of ether oxygens (including phenoxy) is 1. The molecule has 0 aromatic heterocycles. The SMILES string of the molecule is O=C(CCNS(=O)(=O)c1ccc(Cl)cc1)N[C@@H]1CCO[C@H]1C1CC1. The van der Waals surface area contributed by atoms with Crippen LogP contribution in [0.4, 0.5) is 0 Å². The Bertz CT molecular complexity index is 689. The Morgan fingerprint density at radius 3 is 2.58 bits per heavy atom. The summed E-state index contributed by atoms with van der Waals surface area (Å²) in [6, 6.07) is 5.95. The number of amides is 1. The van der Waals surface area contributed by atoms with Crippen LogP contribution in [0.15, 0.2) is 29.2 Å². The number of halogens is 1. The summed E-state index contributed by atoms with van der Waals surface area (Å²) >= 11 is 5.75. The highest BCUT2D eigenvalue weighted by Gasteiger charge is 2.41. The number of benzene rings is 1. The van der Waals surface area contributed by atoms with Gasteiger partial charge < -0.3 is 10.1 Å². The highest BCUT2D eigenvalue weighted by molar-refractivity contribution is 7.89. The van der Waals surface area contributed by atoms with Crippen molar-refractivity contribution in [3.8, 4) is 0 Å². The number of carbonyl (C=O) groups is 1. The van der Waals surface area contributed by atoms with Crippen molar-refractivity contribution in [3.05, 3.63) is 29.3 Å². The maximum absolute atomic E-state index is 12.1. The van der Waals surface area contributed by atoms with E-state index in [9.17, 15) is 13.2 Å². The third kappa shape index (κ3) is 4.47. The lowest BCUT2D eigenvalue weighted by Crippen LogP contribution is -2.42. The fourth-order valence-electron chi connectivity index (χ4n) is 2.93. The first-order chi connectivity index (χ1) is 11.5. The molecule has 3 rings (SSSR count). The molecular formula is C16H21ClN2O4S. The van der Waals surface area contributed by atoms with E-state index in [4.69, 9.17) is 16.3 Å². The number of hydrogen-bond acceptors (Lipinski definition) is 4. The Morgan fingerprint density at radius 2 is 1.92 bits per heavy atom. The predicted octanol–water partition coefficient (Wildman–Crippen LogP) is 1.69. The summed E-state index contributed by atoms with van der Waals surface area (Å²) in [6.45, 7) is 0.730. The second-order valence-electron chi connectivity index (χ2n) is 6.24. The van der Waals surface area contributed by atoms with E-state index in [1.165, 1.54) is 24.3 Å². The highest BCUT2D eigenvalue weighted by Crippen LogP contribution is 2.38. The molecule has 2 aliphatic rings. The van der Waals surface area contributed by atoms with E-state index in [0.29, 0.717) is 17.5 Å². The van der Waals surface area contributed by atoms with Crippen LogP contribution in [0.5, 0.6) is 0 Å². The Kier molecular flexibility index (Phi) is 5.44. The van der Waals surface area contributed by atoms with E-state index < -0.39 is 10.0 Å². The molecule has 2 N–H and O–H groups in total. The Balaban J connectivity index is 1.45. The third-order valence-corrected chi connectivity index (χ3v) is 6.07. The van der Waals surface area contributed by atoms with E-state index in [0.717, 1.165) is 19.3 Å². The monoisotopic (exact) mass is 372 g/mol. The molecule has 2 fully saturated rings. The lowest BCUT2D eigenvalue weighted by molar-refractivity contribution is -0.122. The minimum absolute atomic E-state index is 0.0536. The van der Waals surface area contributed by atoms with Crippen molar-refractivity contribution < 1.29 is 17.9 Å². The van der Waals surface area contributed by atoms with Crippen molar-refractivity contribution in [2.75, 3.05) is 13.2 Å². The molecule has 1 aliphatic carbocycles. The van der Waals surface area contributed by atoms with Crippen LogP contribution in [0, 0.1) is 5.92 Å². The van der Waals surface area contributed by atoms with Gasteiger partial charge in [0.15, 0.2) is 0 Å². The van der Waals surface area contributed by atoms with Crippen molar-refractivity contribution >= 4 is 27.5 Å². The molecule has 1 saturated heterocycles. The zero-order valence-corrected chi connectivity index (χ0v) is 14.8. The van der Waals surface area contributed by atoms with Crippen molar-refractivity contribution in [2.24, 2.45) is 5.92 Å². The minimum atomic E-state index is -3.63. The molecule has 1 heterocycles. The molecule has 1 aromatic rings. The molecule has 0 spiro atoms. The number of sulfonamides is 1. The van der Waals surface area contributed by atoms with E-state index in [1.54, 1.807) is 0 Å². The molecule has 24 heavy (non-hydrogen) atoms. The van der Waals surface area contributed by atoms with E-state index in [2.05, 4.69) is 10.0 Å². The lowest BCUT2D eigenvalue weighted by Gasteiger charge is -2.19. The number of carbonyl (C=O) groups excluding carboxylic acids is 1. The van der Waals surface area contributed by atoms with Gasteiger partial charge in [-0.2, -0.15) is 0 Å². The zero-order chi connectivity index (χ0) is 17.2. The smallest absolute Gasteiger partial charge is 0.240 e. The van der Waals surface area contributed by atoms with Gasteiger partial charge in [-0.15, -0.1) is 0 Å².